The summed E-state index contributed by atoms with van der Waals surface area (Å²) >= 11 is 0. The largest absolute Gasteiger partial charge is 0.494 e. The van der Waals surface area contributed by atoms with Crippen molar-refractivity contribution in [1.29, 1.82) is 0 Å². The van der Waals surface area contributed by atoms with Gasteiger partial charge in [0.1, 0.15) is 29.4 Å². The van der Waals surface area contributed by atoms with E-state index in [1.807, 2.05) is 0 Å². The Labute approximate surface area is 223 Å². The number of alkyl halides is 2. The number of halogens is 4. The molecule has 38 heavy (non-hydrogen) atoms. The number of ether oxygens (including phenoxy) is 1. The van der Waals surface area contributed by atoms with E-state index in [4.69, 9.17) is 4.74 Å². The Hall–Kier alpha value is -2.56. The van der Waals surface area contributed by atoms with Crippen molar-refractivity contribution in [1.82, 2.24) is 14.8 Å². The molecule has 1 atom stereocenters. The molecule has 2 heterocycles. The minimum atomic E-state index is -2.42. The van der Waals surface area contributed by atoms with Crippen LogP contribution in [0.15, 0.2) is 30.5 Å². The second-order valence-corrected chi connectivity index (χ2v) is 9.65. The molecule has 2 aromatic rings. The van der Waals surface area contributed by atoms with E-state index in [0.29, 0.717) is 29.5 Å². The fourth-order valence-electron chi connectivity index (χ4n) is 4.94. The summed E-state index contributed by atoms with van der Waals surface area (Å²) < 4.78 is 58.4. The van der Waals surface area contributed by atoms with Crippen LogP contribution in [0.2, 0.25) is 0 Å². The Bertz CT molecular complexity index is 994. The topological polar surface area (TPSA) is 71.7 Å². The zero-order valence-electron chi connectivity index (χ0n) is 22.7. The molecule has 1 aliphatic heterocycles. The predicted octanol–water partition coefficient (Wildman–Crippen LogP) is 4.94. The molecule has 1 aromatic heterocycles. The third kappa shape index (κ3) is 9.03. The van der Waals surface area contributed by atoms with Gasteiger partial charge in [0.2, 0.25) is 5.92 Å². The van der Waals surface area contributed by atoms with Crippen LogP contribution in [-0.4, -0.2) is 79.4 Å². The predicted molar refractivity (Wildman–Crippen MR) is 142 cm³/mol. The number of aromatic nitrogens is 1. The molecule has 10 heteroatoms. The van der Waals surface area contributed by atoms with Crippen LogP contribution in [-0.2, 0) is 11.2 Å². The summed E-state index contributed by atoms with van der Waals surface area (Å²) in [6.07, 6.45) is 4.16. The van der Waals surface area contributed by atoms with Crippen LogP contribution in [0.4, 0.5) is 17.6 Å². The van der Waals surface area contributed by atoms with Crippen LogP contribution in [0.1, 0.15) is 45.1 Å². The average molecular weight is 541 g/mol. The first-order valence-electron chi connectivity index (χ1n) is 13.0. The van der Waals surface area contributed by atoms with E-state index in [0.717, 1.165) is 45.0 Å². The summed E-state index contributed by atoms with van der Waals surface area (Å²) in [5.74, 6) is -3.46. The highest BCUT2D eigenvalue weighted by Crippen LogP contribution is 2.36. The first-order chi connectivity index (χ1) is 18.1. The molecule has 1 saturated carbocycles. The SMILES string of the molecule is CC(C)N1CCN(C2CCCC(F)(F)C2)CC1.CN.COc1c(CC=O)ccnc1-c1cc(F)cc(F)c1. The smallest absolute Gasteiger partial charge is 0.249 e. The lowest BCUT2D eigenvalue weighted by Crippen LogP contribution is -2.53. The number of carbonyl (C=O) groups is 1. The highest BCUT2D eigenvalue weighted by molar-refractivity contribution is 5.70. The van der Waals surface area contributed by atoms with Gasteiger partial charge >= 0.3 is 0 Å². The van der Waals surface area contributed by atoms with Gasteiger partial charge in [0.25, 0.3) is 0 Å². The van der Waals surface area contributed by atoms with Crippen molar-refractivity contribution in [2.75, 3.05) is 40.3 Å². The van der Waals surface area contributed by atoms with Crippen molar-refractivity contribution in [3.63, 3.8) is 0 Å². The molecule has 6 nitrogen and oxygen atoms in total. The summed E-state index contributed by atoms with van der Waals surface area (Å²) in [6.45, 7) is 8.37. The molecule has 2 N–H and O–H groups in total. The molecule has 4 rings (SSSR count). The van der Waals surface area contributed by atoms with E-state index < -0.39 is 17.6 Å². The van der Waals surface area contributed by atoms with Crippen LogP contribution >= 0.6 is 0 Å². The van der Waals surface area contributed by atoms with E-state index in [1.54, 1.807) is 6.07 Å². The maximum Gasteiger partial charge on any atom is 0.249 e. The molecule has 0 radical (unpaired) electrons. The molecule has 2 aliphatic rings. The molecule has 1 saturated heterocycles. The maximum atomic E-state index is 13.4. The van der Waals surface area contributed by atoms with E-state index in [9.17, 15) is 22.4 Å². The van der Waals surface area contributed by atoms with Crippen LogP contribution in [0.25, 0.3) is 11.3 Å². The second kappa shape index (κ2) is 15.1. The standard InChI is InChI=1S/C14H11F2NO2.C13H24F2N2.CH5N/c1-19-14-9(3-5-18)2-4-17-13(14)10-6-11(15)8-12(16)7-10;1-11(2)16-6-8-17(9-7-16)12-4-3-5-13(14,15)10-12;1-2/h2,4-8H,3H2,1H3;11-12H,3-10H2,1-2H3;2H2,1H3. The van der Waals surface area contributed by atoms with Crippen LogP contribution in [0, 0.1) is 11.6 Å². The van der Waals surface area contributed by atoms with E-state index in [-0.39, 0.29) is 30.9 Å². The number of rotatable bonds is 6. The summed E-state index contributed by atoms with van der Waals surface area (Å²) in [5, 5.41) is 0. The normalized spacial score (nSPS) is 19.6. The number of pyridine rings is 1. The average Bonchev–Trinajstić information content (AvgIpc) is 2.89. The van der Waals surface area contributed by atoms with Crippen LogP contribution < -0.4 is 10.5 Å². The molecule has 0 bridgehead atoms. The fraction of sp³-hybridized carbons (Fsp3) is 0.571. The van der Waals surface area contributed by atoms with Gasteiger partial charge in [-0.3, -0.25) is 14.8 Å². The van der Waals surface area contributed by atoms with Crippen LogP contribution in [0.3, 0.4) is 0 Å². The molecule has 1 aromatic carbocycles. The number of hydrogen-bond donors (Lipinski definition) is 1. The van der Waals surface area contributed by atoms with Gasteiger partial charge in [-0.1, -0.05) is 0 Å². The maximum absolute atomic E-state index is 13.4. The Morgan fingerprint density at radius 3 is 2.29 bits per heavy atom. The first kappa shape index (κ1) is 31.7. The van der Waals surface area contributed by atoms with Crippen molar-refractivity contribution in [2.45, 2.75) is 64.0 Å². The number of carbonyl (C=O) groups excluding carboxylic acids is 1. The first-order valence-corrected chi connectivity index (χ1v) is 13.0. The molecular weight excluding hydrogens is 500 g/mol. The molecule has 1 aliphatic carbocycles. The van der Waals surface area contributed by atoms with E-state index >= 15 is 0 Å². The van der Waals surface area contributed by atoms with Gasteiger partial charge < -0.3 is 15.3 Å². The Morgan fingerprint density at radius 2 is 1.76 bits per heavy atom. The number of nitrogens with zero attached hydrogens (tertiary/aromatic N) is 3. The highest BCUT2D eigenvalue weighted by atomic mass is 19.3. The lowest BCUT2D eigenvalue weighted by atomic mass is 9.90. The summed E-state index contributed by atoms with van der Waals surface area (Å²) in [5.41, 5.74) is 5.69. The minimum absolute atomic E-state index is 0.0781. The molecule has 0 amide bonds. The monoisotopic (exact) mass is 540 g/mol. The zero-order chi connectivity index (χ0) is 28.3. The zero-order valence-corrected chi connectivity index (χ0v) is 22.7. The number of aldehydes is 1. The van der Waals surface area contributed by atoms with Crippen molar-refractivity contribution in [2.24, 2.45) is 5.73 Å². The number of piperazine rings is 1. The van der Waals surface area contributed by atoms with E-state index in [2.05, 4.69) is 34.4 Å². The van der Waals surface area contributed by atoms with Gasteiger partial charge in [0, 0.05) is 80.9 Å². The Kier molecular flexibility index (Phi) is 12.6. The van der Waals surface area contributed by atoms with Gasteiger partial charge in [-0.05, 0) is 51.9 Å². The Morgan fingerprint density at radius 1 is 1.13 bits per heavy atom. The van der Waals surface area contributed by atoms with Crippen molar-refractivity contribution in [3.05, 3.63) is 47.7 Å². The second-order valence-electron chi connectivity index (χ2n) is 9.65. The van der Waals surface area contributed by atoms with Gasteiger partial charge in [0.15, 0.2) is 0 Å². The van der Waals surface area contributed by atoms with Crippen molar-refractivity contribution >= 4 is 6.29 Å². The highest BCUT2D eigenvalue weighted by Gasteiger charge is 2.39. The summed E-state index contributed by atoms with van der Waals surface area (Å²) in [4.78, 5) is 19.4. The summed E-state index contributed by atoms with van der Waals surface area (Å²) in [7, 11) is 2.92. The van der Waals surface area contributed by atoms with Crippen molar-refractivity contribution in [3.8, 4) is 17.0 Å². The van der Waals surface area contributed by atoms with E-state index in [1.165, 1.54) is 32.5 Å². The number of methoxy groups -OCH3 is 1. The lowest BCUT2D eigenvalue weighted by molar-refractivity contribution is -0.107. The number of hydrogen-bond acceptors (Lipinski definition) is 6. The van der Waals surface area contributed by atoms with Crippen molar-refractivity contribution < 1.29 is 27.1 Å². The number of benzene rings is 1. The molecule has 2 fully saturated rings. The van der Waals surface area contributed by atoms with Gasteiger partial charge in [-0.25, -0.2) is 17.6 Å². The molecule has 212 valence electrons. The Balaban J connectivity index is 0.000000252. The number of nitrogens with two attached hydrogens (primary N) is 1. The molecule has 0 spiro atoms. The fourth-order valence-corrected chi connectivity index (χ4v) is 4.94. The lowest BCUT2D eigenvalue weighted by Gasteiger charge is -2.43. The van der Waals surface area contributed by atoms with Gasteiger partial charge in [-0.15, -0.1) is 0 Å². The third-order valence-corrected chi connectivity index (χ3v) is 6.84. The molecular formula is C28H40F4N4O2. The van der Waals surface area contributed by atoms with Gasteiger partial charge in [-0.2, -0.15) is 0 Å². The third-order valence-electron chi connectivity index (χ3n) is 6.84. The quantitative estimate of drug-likeness (QED) is 0.413. The van der Waals surface area contributed by atoms with Crippen LogP contribution in [0.5, 0.6) is 5.75 Å². The molecule has 1 unspecified atom stereocenters. The minimum Gasteiger partial charge on any atom is -0.494 e. The van der Waals surface area contributed by atoms with Gasteiger partial charge in [0.05, 0.1) is 7.11 Å². The summed E-state index contributed by atoms with van der Waals surface area (Å²) in [6, 6.07) is 5.44.